The van der Waals surface area contributed by atoms with E-state index >= 15 is 0 Å². The Bertz CT molecular complexity index is 573. The quantitative estimate of drug-likeness (QED) is 0.487. The monoisotopic (exact) mass is 294 g/mol. The first-order valence-corrected chi connectivity index (χ1v) is 6.18. The van der Waals surface area contributed by atoms with Crippen LogP contribution in [0.4, 0.5) is 0 Å². The first-order valence-electron chi connectivity index (χ1n) is 5.80. The van der Waals surface area contributed by atoms with Gasteiger partial charge < -0.3 is 9.47 Å². The zero-order valence-corrected chi connectivity index (χ0v) is 12.2. The van der Waals surface area contributed by atoms with Gasteiger partial charge in [-0.1, -0.05) is 29.8 Å². The summed E-state index contributed by atoms with van der Waals surface area (Å²) in [4.78, 5) is 22.8. The van der Waals surface area contributed by atoms with Crippen LogP contribution in [0.3, 0.4) is 0 Å². The topological polar surface area (TPSA) is 52.6 Å². The van der Waals surface area contributed by atoms with E-state index in [1.807, 2.05) is 6.92 Å². The fourth-order valence-corrected chi connectivity index (χ4v) is 1.62. The highest BCUT2D eigenvalue weighted by Gasteiger charge is 2.12. The zero-order chi connectivity index (χ0) is 15.1. The van der Waals surface area contributed by atoms with Gasteiger partial charge in [0.1, 0.15) is 0 Å². The van der Waals surface area contributed by atoms with Crippen molar-refractivity contribution in [2.45, 2.75) is 6.92 Å². The summed E-state index contributed by atoms with van der Waals surface area (Å²) in [5, 5.41) is 0.550. The van der Waals surface area contributed by atoms with Gasteiger partial charge in [-0.2, -0.15) is 0 Å². The van der Waals surface area contributed by atoms with Gasteiger partial charge in [0.25, 0.3) is 0 Å². The minimum atomic E-state index is -0.514. The number of ether oxygens (including phenoxy) is 2. The molecule has 4 nitrogen and oxygen atoms in total. The van der Waals surface area contributed by atoms with Crippen LogP contribution in [0, 0.1) is 6.92 Å². The van der Waals surface area contributed by atoms with Gasteiger partial charge in [0.2, 0.25) is 0 Å². The summed E-state index contributed by atoms with van der Waals surface area (Å²) in [6, 6.07) is 5.24. The minimum Gasteiger partial charge on any atom is -0.466 e. The van der Waals surface area contributed by atoms with Gasteiger partial charge in [0.05, 0.1) is 19.8 Å². The van der Waals surface area contributed by atoms with Gasteiger partial charge in [-0.3, -0.25) is 0 Å². The normalized spacial score (nSPS) is 11.5. The number of rotatable bonds is 4. The van der Waals surface area contributed by atoms with Crippen molar-refractivity contribution < 1.29 is 19.1 Å². The first kappa shape index (κ1) is 16.0. The molecule has 20 heavy (non-hydrogen) atoms. The molecule has 0 atom stereocenters. The van der Waals surface area contributed by atoms with E-state index in [-0.39, 0.29) is 0 Å². The predicted octanol–water partition coefficient (Wildman–Crippen LogP) is 2.93. The summed E-state index contributed by atoms with van der Waals surface area (Å²) in [7, 11) is 2.56. The number of benzene rings is 1. The molecule has 0 aliphatic rings. The molecule has 0 amide bonds. The Morgan fingerprint density at radius 1 is 1.20 bits per heavy atom. The summed E-state index contributed by atoms with van der Waals surface area (Å²) in [6.07, 6.45) is 4.11. The molecule has 0 fully saturated rings. The zero-order valence-electron chi connectivity index (χ0n) is 11.5. The molecule has 1 rings (SSSR count). The van der Waals surface area contributed by atoms with Crippen molar-refractivity contribution in [3.63, 3.8) is 0 Å². The van der Waals surface area contributed by atoms with Crippen molar-refractivity contribution >= 4 is 29.1 Å². The van der Waals surface area contributed by atoms with Crippen molar-refractivity contribution in [3.8, 4) is 0 Å². The summed E-state index contributed by atoms with van der Waals surface area (Å²) >= 11 is 6.04. The van der Waals surface area contributed by atoms with Crippen LogP contribution in [0.1, 0.15) is 11.1 Å². The standard InChI is InChI=1S/C15H15ClO4/c1-10-7-8-11(9-13(10)16)12(15(18)20-3)5-4-6-14(17)19-2/h4-9H,1-3H3/b6-4-,12-5+. The smallest absolute Gasteiger partial charge is 0.338 e. The summed E-state index contributed by atoms with van der Waals surface area (Å²) in [5.74, 6) is -1.02. The molecule has 0 saturated heterocycles. The van der Waals surface area contributed by atoms with E-state index in [1.54, 1.807) is 18.2 Å². The Labute approximate surface area is 122 Å². The molecule has 0 aliphatic heterocycles. The van der Waals surface area contributed by atoms with Crippen LogP contribution in [0.25, 0.3) is 5.57 Å². The third kappa shape index (κ3) is 4.24. The van der Waals surface area contributed by atoms with Crippen LogP contribution in [-0.4, -0.2) is 26.2 Å². The number of carbonyl (C=O) groups is 2. The molecule has 0 heterocycles. The maximum atomic E-state index is 11.8. The molecular weight excluding hydrogens is 280 g/mol. The molecule has 0 spiro atoms. The molecule has 0 aromatic heterocycles. The molecule has 106 valence electrons. The maximum Gasteiger partial charge on any atom is 0.338 e. The number of halogens is 1. The number of aryl methyl sites for hydroxylation is 1. The molecule has 5 heteroatoms. The average molecular weight is 295 g/mol. The van der Waals surface area contributed by atoms with Crippen molar-refractivity contribution in [2.75, 3.05) is 14.2 Å². The maximum absolute atomic E-state index is 11.8. The van der Waals surface area contributed by atoms with Gasteiger partial charge in [0.15, 0.2) is 0 Å². The van der Waals surface area contributed by atoms with Gasteiger partial charge in [-0.15, -0.1) is 0 Å². The van der Waals surface area contributed by atoms with Crippen molar-refractivity contribution in [3.05, 3.63) is 52.6 Å². The summed E-state index contributed by atoms with van der Waals surface area (Å²) < 4.78 is 9.19. The van der Waals surface area contributed by atoms with Crippen LogP contribution >= 0.6 is 11.6 Å². The van der Waals surface area contributed by atoms with Gasteiger partial charge in [0, 0.05) is 11.1 Å². The predicted molar refractivity (Wildman–Crippen MR) is 77.3 cm³/mol. The lowest BCUT2D eigenvalue weighted by atomic mass is 10.0. The lowest BCUT2D eigenvalue weighted by molar-refractivity contribution is -0.135. The van der Waals surface area contributed by atoms with Crippen LogP contribution < -0.4 is 0 Å². The average Bonchev–Trinajstić information content (AvgIpc) is 2.45. The lowest BCUT2D eigenvalue weighted by Gasteiger charge is -2.06. The van der Waals surface area contributed by atoms with Gasteiger partial charge in [-0.25, -0.2) is 9.59 Å². The van der Waals surface area contributed by atoms with Crippen LogP contribution in [-0.2, 0) is 19.1 Å². The molecule has 0 N–H and O–H groups in total. The number of carbonyl (C=O) groups excluding carboxylic acids is 2. The van der Waals surface area contributed by atoms with Gasteiger partial charge in [-0.05, 0) is 30.2 Å². The third-order valence-electron chi connectivity index (χ3n) is 2.58. The number of hydrogen-bond acceptors (Lipinski definition) is 4. The summed E-state index contributed by atoms with van der Waals surface area (Å²) in [6.45, 7) is 1.87. The molecule has 0 radical (unpaired) electrons. The number of esters is 2. The Morgan fingerprint density at radius 3 is 2.45 bits per heavy atom. The van der Waals surface area contributed by atoms with E-state index in [0.29, 0.717) is 16.2 Å². The van der Waals surface area contributed by atoms with E-state index < -0.39 is 11.9 Å². The second-order valence-electron chi connectivity index (χ2n) is 3.92. The largest absolute Gasteiger partial charge is 0.466 e. The summed E-state index contributed by atoms with van der Waals surface area (Å²) in [5.41, 5.74) is 1.82. The number of hydrogen-bond donors (Lipinski definition) is 0. The first-order chi connectivity index (χ1) is 9.49. The molecule has 0 bridgehead atoms. The van der Waals surface area contributed by atoms with E-state index in [0.717, 1.165) is 5.56 Å². The van der Waals surface area contributed by atoms with Crippen LogP contribution in [0.5, 0.6) is 0 Å². The molecular formula is C15H15ClO4. The second kappa shape index (κ2) is 7.50. The molecule has 1 aromatic carbocycles. The van der Waals surface area contributed by atoms with E-state index in [4.69, 9.17) is 16.3 Å². The fourth-order valence-electron chi connectivity index (χ4n) is 1.44. The SMILES string of the molecule is COC(=O)/C=C\C=C(\C(=O)OC)c1ccc(C)c(Cl)c1. The second-order valence-corrected chi connectivity index (χ2v) is 4.33. The fraction of sp³-hybridized carbons (Fsp3) is 0.200. The van der Waals surface area contributed by atoms with Crippen LogP contribution in [0.2, 0.25) is 5.02 Å². The van der Waals surface area contributed by atoms with Crippen molar-refractivity contribution in [1.29, 1.82) is 0 Å². The van der Waals surface area contributed by atoms with Crippen molar-refractivity contribution in [1.82, 2.24) is 0 Å². The molecule has 0 saturated carbocycles. The number of methoxy groups -OCH3 is 2. The highest BCUT2D eigenvalue weighted by Crippen LogP contribution is 2.23. The van der Waals surface area contributed by atoms with Crippen molar-refractivity contribution in [2.24, 2.45) is 0 Å². The lowest BCUT2D eigenvalue weighted by Crippen LogP contribution is -2.04. The number of allylic oxidation sites excluding steroid dienone is 2. The Morgan fingerprint density at radius 2 is 1.90 bits per heavy atom. The molecule has 1 aromatic rings. The highest BCUT2D eigenvalue weighted by atomic mass is 35.5. The molecule has 0 aliphatic carbocycles. The highest BCUT2D eigenvalue weighted by molar-refractivity contribution is 6.31. The van der Waals surface area contributed by atoms with E-state index in [1.165, 1.54) is 32.4 Å². The minimum absolute atomic E-state index is 0.301. The third-order valence-corrected chi connectivity index (χ3v) is 2.99. The Hall–Kier alpha value is -2.07. The van der Waals surface area contributed by atoms with Crippen LogP contribution in [0.15, 0.2) is 36.4 Å². The molecule has 0 unspecified atom stereocenters. The Balaban J connectivity index is 3.15. The Kier molecular flexibility index (Phi) is 6.00. The van der Waals surface area contributed by atoms with E-state index in [9.17, 15) is 9.59 Å². The van der Waals surface area contributed by atoms with E-state index in [2.05, 4.69) is 4.74 Å². The van der Waals surface area contributed by atoms with Gasteiger partial charge >= 0.3 is 11.9 Å².